The second-order valence-corrected chi connectivity index (χ2v) is 17.1. The molecule has 6 aromatic rings. The van der Waals surface area contributed by atoms with Crippen LogP contribution in [0.2, 0.25) is 0 Å². The van der Waals surface area contributed by atoms with Crippen molar-refractivity contribution >= 4 is 61.6 Å². The number of rotatable bonds is 3. The second-order valence-electron chi connectivity index (χ2n) is 16.1. The molecule has 3 aliphatic rings. The summed E-state index contributed by atoms with van der Waals surface area (Å²) in [5.41, 5.74) is 11.0. The zero-order chi connectivity index (χ0) is 33.2. The molecule has 3 heterocycles. The van der Waals surface area contributed by atoms with E-state index in [4.69, 9.17) is 9.47 Å². The van der Waals surface area contributed by atoms with Crippen LogP contribution in [0.5, 0.6) is 22.3 Å². The molecular weight excluding hydrogens is 605 g/mol. The largest absolute Gasteiger partial charge is 0.458 e. The van der Waals surface area contributed by atoms with E-state index in [1.165, 1.54) is 37.7 Å². The van der Waals surface area contributed by atoms with Gasteiger partial charge in [-0.1, -0.05) is 120 Å². The van der Waals surface area contributed by atoms with Crippen LogP contribution in [0.15, 0.2) is 103 Å². The van der Waals surface area contributed by atoms with Gasteiger partial charge in [0.15, 0.2) is 5.06 Å². The standard InChI is InChI=1S/C43H40BNO2S/c1-41(2,3)26-18-21-35-30(22-26)37-40(48-35)47-34-24-29(45(27-14-10-8-11-15-27)28-16-12-9-13-17-28)23-33-38(34)44(37)32-20-19-31-36(39(32)46-33)43(6,7)25-42(31,4)5/h8-24H,25H2,1-7H3. The van der Waals surface area contributed by atoms with Gasteiger partial charge in [-0.25, -0.2) is 0 Å². The van der Waals surface area contributed by atoms with E-state index in [0.717, 1.165) is 51.3 Å². The highest BCUT2D eigenvalue weighted by Gasteiger charge is 2.49. The molecule has 0 bridgehead atoms. The number of hydrogen-bond donors (Lipinski definition) is 0. The van der Waals surface area contributed by atoms with Crippen molar-refractivity contribution < 1.29 is 9.47 Å². The SMILES string of the molecule is CC(C)(C)c1ccc2sc3c(c2c1)B1c2ccc4c(c2Oc2cc(N(c5ccccc5)c5ccccc5)cc(c21)O3)C(C)(C)CC4(C)C. The van der Waals surface area contributed by atoms with Gasteiger partial charge in [0, 0.05) is 39.2 Å². The average molecular weight is 646 g/mol. The van der Waals surface area contributed by atoms with Crippen LogP contribution in [0, 0.1) is 0 Å². The molecule has 1 aromatic heterocycles. The van der Waals surface area contributed by atoms with Crippen molar-refractivity contribution in [3.05, 3.63) is 120 Å². The van der Waals surface area contributed by atoms with Gasteiger partial charge in [0.2, 0.25) is 0 Å². The van der Waals surface area contributed by atoms with E-state index in [1.807, 2.05) is 0 Å². The molecule has 0 saturated carbocycles. The monoisotopic (exact) mass is 645 g/mol. The number of ether oxygens (including phenoxy) is 2. The lowest BCUT2D eigenvalue weighted by atomic mass is 9.34. The molecule has 238 valence electrons. The summed E-state index contributed by atoms with van der Waals surface area (Å²) in [5, 5.41) is 2.27. The van der Waals surface area contributed by atoms with Gasteiger partial charge >= 0.3 is 0 Å². The zero-order valence-electron chi connectivity index (χ0n) is 28.8. The first-order valence-electron chi connectivity index (χ1n) is 17.1. The topological polar surface area (TPSA) is 21.7 Å². The Morgan fingerprint density at radius 1 is 0.688 bits per heavy atom. The third-order valence-corrected chi connectivity index (χ3v) is 11.8. The number of benzene rings is 5. The van der Waals surface area contributed by atoms with Crippen LogP contribution in [0.1, 0.15) is 71.6 Å². The number of thiophene rings is 1. The Bertz CT molecular complexity index is 2220. The van der Waals surface area contributed by atoms with Gasteiger partial charge in [-0.15, -0.1) is 0 Å². The van der Waals surface area contributed by atoms with Crippen molar-refractivity contribution in [2.24, 2.45) is 0 Å². The smallest absolute Gasteiger partial charge is 0.262 e. The molecule has 5 aromatic carbocycles. The Labute approximate surface area is 288 Å². The van der Waals surface area contributed by atoms with E-state index in [1.54, 1.807) is 11.3 Å². The van der Waals surface area contributed by atoms with Gasteiger partial charge in [-0.05, 0) is 80.4 Å². The minimum atomic E-state index is -0.0215. The fourth-order valence-corrected chi connectivity index (χ4v) is 9.89. The van der Waals surface area contributed by atoms with Gasteiger partial charge in [0.1, 0.15) is 17.2 Å². The molecule has 0 atom stereocenters. The quantitative estimate of drug-likeness (QED) is 0.179. The third-order valence-electron chi connectivity index (χ3n) is 10.7. The highest BCUT2D eigenvalue weighted by molar-refractivity contribution is 7.24. The van der Waals surface area contributed by atoms with Crippen molar-refractivity contribution in [1.82, 2.24) is 0 Å². The summed E-state index contributed by atoms with van der Waals surface area (Å²) in [5.74, 6) is 2.78. The summed E-state index contributed by atoms with van der Waals surface area (Å²) < 4.78 is 15.5. The fraction of sp³-hybridized carbons (Fsp3) is 0.256. The summed E-state index contributed by atoms with van der Waals surface area (Å²) in [6.07, 6.45) is 1.08. The lowest BCUT2D eigenvalue weighted by Crippen LogP contribution is -2.57. The van der Waals surface area contributed by atoms with Crippen molar-refractivity contribution in [3.8, 4) is 22.3 Å². The van der Waals surface area contributed by atoms with Gasteiger partial charge in [0.25, 0.3) is 6.71 Å². The van der Waals surface area contributed by atoms with E-state index < -0.39 is 0 Å². The van der Waals surface area contributed by atoms with E-state index in [-0.39, 0.29) is 23.0 Å². The number of nitrogens with zero attached hydrogens (tertiary/aromatic N) is 1. The summed E-state index contributed by atoms with van der Waals surface area (Å²) in [6.45, 7) is 16.4. The van der Waals surface area contributed by atoms with E-state index >= 15 is 0 Å². The van der Waals surface area contributed by atoms with Gasteiger partial charge < -0.3 is 14.4 Å². The molecular formula is C43H40BNO2S. The van der Waals surface area contributed by atoms with Gasteiger partial charge in [0.05, 0.1) is 5.69 Å². The molecule has 3 nitrogen and oxygen atoms in total. The molecule has 5 heteroatoms. The summed E-state index contributed by atoms with van der Waals surface area (Å²) in [6, 6.07) is 37.3. The molecule has 0 radical (unpaired) electrons. The molecule has 0 N–H and O–H groups in total. The molecule has 48 heavy (non-hydrogen) atoms. The highest BCUT2D eigenvalue weighted by atomic mass is 32.1. The number of anilines is 3. The Morgan fingerprint density at radius 3 is 1.98 bits per heavy atom. The van der Waals surface area contributed by atoms with Crippen LogP contribution >= 0.6 is 11.3 Å². The van der Waals surface area contributed by atoms with Crippen molar-refractivity contribution in [2.45, 2.75) is 71.1 Å². The predicted molar refractivity (Wildman–Crippen MR) is 204 cm³/mol. The molecule has 9 rings (SSSR count). The van der Waals surface area contributed by atoms with Crippen LogP contribution in [0.3, 0.4) is 0 Å². The minimum Gasteiger partial charge on any atom is -0.458 e. The third kappa shape index (κ3) is 4.33. The van der Waals surface area contributed by atoms with Crippen LogP contribution < -0.4 is 30.8 Å². The summed E-state index contributed by atoms with van der Waals surface area (Å²) >= 11 is 1.76. The Hall–Kier alpha value is -4.48. The van der Waals surface area contributed by atoms with Gasteiger partial charge in [-0.3, -0.25) is 0 Å². The summed E-state index contributed by atoms with van der Waals surface area (Å²) in [4.78, 5) is 2.30. The normalized spacial score (nSPS) is 16.4. The zero-order valence-corrected chi connectivity index (χ0v) is 29.6. The van der Waals surface area contributed by atoms with E-state index in [0.29, 0.717) is 0 Å². The van der Waals surface area contributed by atoms with Crippen LogP contribution in [0.25, 0.3) is 10.1 Å². The van der Waals surface area contributed by atoms with Crippen LogP contribution in [-0.2, 0) is 16.2 Å². The van der Waals surface area contributed by atoms with Crippen LogP contribution in [0.4, 0.5) is 17.1 Å². The van der Waals surface area contributed by atoms with Crippen LogP contribution in [-0.4, -0.2) is 6.71 Å². The Kier molecular flexibility index (Phi) is 6.19. The molecule has 1 aliphatic carbocycles. The van der Waals surface area contributed by atoms with Crippen molar-refractivity contribution in [1.29, 1.82) is 0 Å². The lowest BCUT2D eigenvalue weighted by Gasteiger charge is -2.36. The maximum absolute atomic E-state index is 7.24. The second kappa shape index (κ2) is 10.0. The minimum absolute atomic E-state index is 0.00670. The van der Waals surface area contributed by atoms with E-state index in [9.17, 15) is 0 Å². The van der Waals surface area contributed by atoms with Gasteiger partial charge in [-0.2, -0.15) is 0 Å². The Balaban J connectivity index is 1.34. The molecule has 0 fully saturated rings. The van der Waals surface area contributed by atoms with Crippen molar-refractivity contribution in [2.75, 3.05) is 4.90 Å². The predicted octanol–water partition coefficient (Wildman–Crippen LogP) is 10.4. The average Bonchev–Trinajstić information content (AvgIpc) is 3.50. The van der Waals surface area contributed by atoms with E-state index in [2.05, 4.69) is 156 Å². The number of para-hydroxylation sites is 2. The number of hydrogen-bond acceptors (Lipinski definition) is 4. The highest BCUT2D eigenvalue weighted by Crippen LogP contribution is 2.54. The fourth-order valence-electron chi connectivity index (χ4n) is 8.81. The maximum Gasteiger partial charge on any atom is 0.262 e. The first-order valence-corrected chi connectivity index (χ1v) is 17.9. The first-order chi connectivity index (χ1) is 22.9. The molecule has 2 aliphatic heterocycles. The maximum atomic E-state index is 7.24. The molecule has 0 spiro atoms. The molecule has 0 amide bonds. The number of fused-ring (bicyclic) bond motifs is 8. The summed E-state index contributed by atoms with van der Waals surface area (Å²) in [7, 11) is 0. The first kappa shape index (κ1) is 29.6. The van der Waals surface area contributed by atoms with Crippen molar-refractivity contribution in [3.63, 3.8) is 0 Å². The molecule has 0 saturated heterocycles. The lowest BCUT2D eigenvalue weighted by molar-refractivity contribution is 0.394. The Morgan fingerprint density at radius 2 is 1.33 bits per heavy atom. The molecule has 0 unspecified atom stereocenters.